The third-order valence-electron chi connectivity index (χ3n) is 5.15. The zero-order valence-electron chi connectivity index (χ0n) is 17.6. The zero-order chi connectivity index (χ0) is 22.4. The largest absolute Gasteiger partial charge is 0.341 e. The summed E-state index contributed by atoms with van der Waals surface area (Å²) in [6.07, 6.45) is 1.48. The summed E-state index contributed by atoms with van der Waals surface area (Å²) in [4.78, 5) is 39.7. The molecule has 1 aromatic carbocycles. The Kier molecular flexibility index (Phi) is 8.06. The minimum Gasteiger partial charge on any atom is -0.341 e. The number of nitrogens with zero attached hydrogens (tertiary/aromatic N) is 5. The number of rotatable bonds is 7. The molecule has 0 atom stereocenters. The van der Waals surface area contributed by atoms with Crippen molar-refractivity contribution in [2.75, 3.05) is 56.0 Å². The van der Waals surface area contributed by atoms with Crippen LogP contribution >= 0.6 is 23.2 Å². The molecule has 31 heavy (non-hydrogen) atoms. The molecule has 0 saturated carbocycles. The number of anilines is 2. The van der Waals surface area contributed by atoms with E-state index in [1.54, 1.807) is 17.0 Å². The predicted octanol–water partition coefficient (Wildman–Crippen LogP) is 3.03. The standard InChI is InChI=1S/C21H26Cl2N6O2/c1-3-28(4-2)21-24-13-16(23)19(26-21)20(31)29-11-9-27(10-12-29)14-18(30)25-17-8-6-5-7-15(17)22/h5-8,13H,3-4,9-12,14H2,1-2H3,(H,25,30). The molecule has 2 amide bonds. The molecule has 0 spiro atoms. The van der Waals surface area contributed by atoms with Gasteiger partial charge in [-0.25, -0.2) is 9.97 Å². The Morgan fingerprint density at radius 2 is 1.74 bits per heavy atom. The van der Waals surface area contributed by atoms with Crippen molar-refractivity contribution in [2.45, 2.75) is 13.8 Å². The van der Waals surface area contributed by atoms with Crippen LogP contribution in [-0.2, 0) is 4.79 Å². The topological polar surface area (TPSA) is 81.7 Å². The lowest BCUT2D eigenvalue weighted by Crippen LogP contribution is -2.50. The van der Waals surface area contributed by atoms with Gasteiger partial charge in [0.2, 0.25) is 11.9 Å². The molecule has 0 aliphatic carbocycles. The van der Waals surface area contributed by atoms with Gasteiger partial charge in [0.25, 0.3) is 5.91 Å². The monoisotopic (exact) mass is 464 g/mol. The van der Waals surface area contributed by atoms with Gasteiger partial charge in [-0.15, -0.1) is 0 Å². The van der Waals surface area contributed by atoms with Gasteiger partial charge >= 0.3 is 0 Å². The molecule has 0 unspecified atom stereocenters. The van der Waals surface area contributed by atoms with E-state index >= 15 is 0 Å². The number of aromatic nitrogens is 2. The highest BCUT2D eigenvalue weighted by Gasteiger charge is 2.26. The molecule has 1 fully saturated rings. The smallest absolute Gasteiger partial charge is 0.274 e. The van der Waals surface area contributed by atoms with Gasteiger partial charge in [-0.3, -0.25) is 14.5 Å². The summed E-state index contributed by atoms with van der Waals surface area (Å²) in [6.45, 7) is 7.84. The summed E-state index contributed by atoms with van der Waals surface area (Å²) in [7, 11) is 0. The van der Waals surface area contributed by atoms with Crippen LogP contribution in [0.5, 0.6) is 0 Å². The quantitative estimate of drug-likeness (QED) is 0.677. The van der Waals surface area contributed by atoms with E-state index < -0.39 is 0 Å². The fourth-order valence-electron chi connectivity index (χ4n) is 3.38. The SMILES string of the molecule is CCN(CC)c1ncc(Cl)c(C(=O)N2CCN(CC(=O)Nc3ccccc3Cl)CC2)n1. The number of para-hydroxylation sites is 1. The molecule has 2 heterocycles. The van der Waals surface area contributed by atoms with Crippen molar-refractivity contribution in [3.8, 4) is 0 Å². The Hall–Kier alpha value is -2.42. The molecule has 1 saturated heterocycles. The lowest BCUT2D eigenvalue weighted by Gasteiger charge is -2.34. The van der Waals surface area contributed by atoms with Gasteiger partial charge in [-0.2, -0.15) is 0 Å². The number of benzene rings is 1. The predicted molar refractivity (Wildman–Crippen MR) is 123 cm³/mol. The van der Waals surface area contributed by atoms with Gasteiger partial charge in [0.1, 0.15) is 0 Å². The molecule has 166 valence electrons. The molecule has 3 rings (SSSR count). The van der Waals surface area contributed by atoms with Crippen LogP contribution in [-0.4, -0.2) is 77.4 Å². The lowest BCUT2D eigenvalue weighted by atomic mass is 10.2. The van der Waals surface area contributed by atoms with Crippen LogP contribution in [0.4, 0.5) is 11.6 Å². The first kappa shape index (κ1) is 23.2. The highest BCUT2D eigenvalue weighted by molar-refractivity contribution is 6.34. The minimum absolute atomic E-state index is 0.143. The van der Waals surface area contributed by atoms with Crippen molar-refractivity contribution in [3.63, 3.8) is 0 Å². The fraction of sp³-hybridized carbons (Fsp3) is 0.429. The molecular formula is C21H26Cl2N6O2. The van der Waals surface area contributed by atoms with Crippen LogP contribution in [0.2, 0.25) is 10.0 Å². The molecule has 1 aliphatic heterocycles. The van der Waals surface area contributed by atoms with Crippen molar-refractivity contribution in [1.29, 1.82) is 0 Å². The van der Waals surface area contributed by atoms with E-state index in [1.807, 2.05) is 35.8 Å². The molecule has 10 heteroatoms. The van der Waals surface area contributed by atoms with Gasteiger partial charge in [-0.05, 0) is 26.0 Å². The molecule has 0 bridgehead atoms. The van der Waals surface area contributed by atoms with Crippen LogP contribution in [0.15, 0.2) is 30.5 Å². The molecule has 8 nitrogen and oxygen atoms in total. The summed E-state index contributed by atoms with van der Waals surface area (Å²) in [5.41, 5.74) is 0.800. The lowest BCUT2D eigenvalue weighted by molar-refractivity contribution is -0.117. The number of carbonyl (C=O) groups is 2. The fourth-order valence-corrected chi connectivity index (χ4v) is 3.74. The normalized spacial score (nSPS) is 14.4. The highest BCUT2D eigenvalue weighted by Crippen LogP contribution is 2.21. The maximum absolute atomic E-state index is 13.0. The summed E-state index contributed by atoms with van der Waals surface area (Å²) < 4.78 is 0. The number of halogens is 2. The average Bonchev–Trinajstić information content (AvgIpc) is 2.77. The van der Waals surface area contributed by atoms with Gasteiger partial charge in [0.05, 0.1) is 28.5 Å². The molecule has 1 aliphatic rings. The first-order chi connectivity index (χ1) is 14.9. The molecule has 1 aromatic heterocycles. The van der Waals surface area contributed by atoms with Gasteiger partial charge in [0.15, 0.2) is 5.69 Å². The molecule has 2 aromatic rings. The van der Waals surface area contributed by atoms with E-state index in [-0.39, 0.29) is 29.1 Å². The van der Waals surface area contributed by atoms with Gasteiger partial charge in [0, 0.05) is 39.3 Å². The average molecular weight is 465 g/mol. The van der Waals surface area contributed by atoms with E-state index in [0.29, 0.717) is 42.8 Å². The van der Waals surface area contributed by atoms with Crippen molar-refractivity contribution in [3.05, 3.63) is 46.2 Å². The van der Waals surface area contributed by atoms with E-state index in [1.165, 1.54) is 6.20 Å². The van der Waals surface area contributed by atoms with Crippen molar-refractivity contribution in [1.82, 2.24) is 19.8 Å². The second-order valence-corrected chi connectivity index (χ2v) is 7.95. The molecule has 1 N–H and O–H groups in total. The van der Waals surface area contributed by atoms with Crippen LogP contribution in [0.1, 0.15) is 24.3 Å². The van der Waals surface area contributed by atoms with Gasteiger partial charge in [-0.1, -0.05) is 35.3 Å². The van der Waals surface area contributed by atoms with E-state index in [9.17, 15) is 9.59 Å². The summed E-state index contributed by atoms with van der Waals surface area (Å²) in [6, 6.07) is 7.11. The van der Waals surface area contributed by atoms with E-state index in [0.717, 1.165) is 13.1 Å². The number of carbonyl (C=O) groups excluding carboxylic acids is 2. The molecule has 0 radical (unpaired) electrons. The van der Waals surface area contributed by atoms with Crippen LogP contribution in [0.25, 0.3) is 0 Å². The summed E-state index contributed by atoms with van der Waals surface area (Å²) in [5.74, 6) is 0.129. The number of nitrogens with one attached hydrogen (secondary N) is 1. The van der Waals surface area contributed by atoms with Crippen LogP contribution in [0.3, 0.4) is 0 Å². The number of piperazine rings is 1. The number of hydrogen-bond donors (Lipinski definition) is 1. The van der Waals surface area contributed by atoms with E-state index in [2.05, 4.69) is 15.3 Å². The Morgan fingerprint density at radius 1 is 1.06 bits per heavy atom. The highest BCUT2D eigenvalue weighted by atomic mass is 35.5. The van der Waals surface area contributed by atoms with Crippen LogP contribution < -0.4 is 10.2 Å². The second-order valence-electron chi connectivity index (χ2n) is 7.14. The van der Waals surface area contributed by atoms with Crippen molar-refractivity contribution in [2.24, 2.45) is 0 Å². The van der Waals surface area contributed by atoms with Crippen LogP contribution in [0, 0.1) is 0 Å². The van der Waals surface area contributed by atoms with Crippen molar-refractivity contribution >= 4 is 46.7 Å². The van der Waals surface area contributed by atoms with Gasteiger partial charge < -0.3 is 15.1 Å². The molecular weight excluding hydrogens is 439 g/mol. The van der Waals surface area contributed by atoms with Crippen molar-refractivity contribution < 1.29 is 9.59 Å². The summed E-state index contributed by atoms with van der Waals surface area (Å²) >= 11 is 12.3. The Morgan fingerprint density at radius 3 is 2.39 bits per heavy atom. The maximum Gasteiger partial charge on any atom is 0.274 e. The first-order valence-electron chi connectivity index (χ1n) is 10.3. The maximum atomic E-state index is 13.0. The third kappa shape index (κ3) is 5.84. The number of hydrogen-bond acceptors (Lipinski definition) is 6. The first-order valence-corrected chi connectivity index (χ1v) is 11.0. The minimum atomic E-state index is -0.221. The van der Waals surface area contributed by atoms with E-state index in [4.69, 9.17) is 23.2 Å². The summed E-state index contributed by atoms with van der Waals surface area (Å²) in [5, 5.41) is 3.56. The third-order valence-corrected chi connectivity index (χ3v) is 5.76. The Balaban J connectivity index is 1.57. The Bertz CT molecular complexity index is 930. The Labute approximate surface area is 192 Å². The zero-order valence-corrected chi connectivity index (χ0v) is 19.2. The number of amides is 2. The second kappa shape index (κ2) is 10.7.